The summed E-state index contributed by atoms with van der Waals surface area (Å²) < 4.78 is 0. The number of anilines is 1. The lowest BCUT2D eigenvalue weighted by Gasteiger charge is -2.22. The number of hydrogen-bond donors (Lipinski definition) is 2. The first-order chi connectivity index (χ1) is 9.36. The van der Waals surface area contributed by atoms with E-state index < -0.39 is 0 Å². The maximum absolute atomic E-state index is 12.2. The van der Waals surface area contributed by atoms with Crippen molar-refractivity contribution < 1.29 is 9.59 Å². The van der Waals surface area contributed by atoms with E-state index in [0.717, 1.165) is 0 Å². The van der Waals surface area contributed by atoms with Crippen molar-refractivity contribution in [2.24, 2.45) is 5.73 Å². The van der Waals surface area contributed by atoms with Crippen molar-refractivity contribution in [2.45, 2.75) is 26.3 Å². The molecule has 0 radical (unpaired) electrons. The molecule has 0 atom stereocenters. The van der Waals surface area contributed by atoms with Gasteiger partial charge in [0.25, 0.3) is 5.91 Å². The molecule has 0 unspecified atom stereocenters. The lowest BCUT2D eigenvalue weighted by Crippen LogP contribution is -2.33. The highest BCUT2D eigenvalue weighted by atomic mass is 35.5. The summed E-state index contributed by atoms with van der Waals surface area (Å²) in [5.41, 5.74) is 6.22. The topological polar surface area (TPSA) is 75.4 Å². The largest absolute Gasteiger partial charge is 0.339 e. The van der Waals surface area contributed by atoms with E-state index in [-0.39, 0.29) is 43.2 Å². The van der Waals surface area contributed by atoms with E-state index in [2.05, 4.69) is 5.32 Å². The van der Waals surface area contributed by atoms with Crippen LogP contribution < -0.4 is 11.1 Å². The van der Waals surface area contributed by atoms with E-state index in [4.69, 9.17) is 17.3 Å². The van der Waals surface area contributed by atoms with Crippen LogP contribution in [0.15, 0.2) is 18.2 Å². The smallest absolute Gasteiger partial charge is 0.253 e. The minimum Gasteiger partial charge on any atom is -0.339 e. The van der Waals surface area contributed by atoms with Crippen LogP contribution in [-0.4, -0.2) is 36.3 Å². The Balaban J connectivity index is 0.00000400. The van der Waals surface area contributed by atoms with Gasteiger partial charge in [0.05, 0.1) is 10.7 Å². The summed E-state index contributed by atoms with van der Waals surface area (Å²) in [5.74, 6) is -0.345. The lowest BCUT2D eigenvalue weighted by atomic mass is 10.1. The van der Waals surface area contributed by atoms with Gasteiger partial charge in [0, 0.05) is 31.6 Å². The average Bonchev–Trinajstić information content (AvgIpc) is 2.39. The van der Waals surface area contributed by atoms with Gasteiger partial charge in [-0.25, -0.2) is 0 Å². The van der Waals surface area contributed by atoms with Crippen molar-refractivity contribution in [1.82, 2.24) is 4.90 Å². The Kier molecular flexibility index (Phi) is 8.32. The minimum absolute atomic E-state index is 0. The van der Waals surface area contributed by atoms with Crippen molar-refractivity contribution in [3.63, 3.8) is 0 Å². The Bertz CT molecular complexity index is 507. The van der Waals surface area contributed by atoms with Crippen LogP contribution in [0.2, 0.25) is 5.02 Å². The summed E-state index contributed by atoms with van der Waals surface area (Å²) in [4.78, 5) is 25.4. The standard InChI is InChI=1S/C14H20ClN3O2.ClH/c1-9(2)18(3)14(20)10-4-5-11(15)12(8-10)17-13(19)6-7-16;/h4-5,8-9H,6-7,16H2,1-3H3,(H,17,19);1H. The molecule has 0 bridgehead atoms. The van der Waals surface area contributed by atoms with Crippen LogP contribution >= 0.6 is 24.0 Å². The van der Waals surface area contributed by atoms with E-state index in [0.29, 0.717) is 16.3 Å². The lowest BCUT2D eigenvalue weighted by molar-refractivity contribution is -0.116. The van der Waals surface area contributed by atoms with E-state index in [1.807, 2.05) is 13.8 Å². The second-order valence-corrected chi connectivity index (χ2v) is 5.20. The zero-order valence-corrected chi connectivity index (χ0v) is 13.9. The Morgan fingerprint density at radius 1 is 1.38 bits per heavy atom. The van der Waals surface area contributed by atoms with Crippen molar-refractivity contribution in [2.75, 3.05) is 18.9 Å². The summed E-state index contributed by atoms with van der Waals surface area (Å²) >= 11 is 6.02. The third kappa shape index (κ3) is 5.53. The number of nitrogens with one attached hydrogen (secondary N) is 1. The fourth-order valence-electron chi connectivity index (χ4n) is 1.54. The van der Waals surface area contributed by atoms with Gasteiger partial charge in [0.1, 0.15) is 0 Å². The van der Waals surface area contributed by atoms with Gasteiger partial charge in [0.2, 0.25) is 5.91 Å². The van der Waals surface area contributed by atoms with Crippen LogP contribution in [0.3, 0.4) is 0 Å². The highest BCUT2D eigenvalue weighted by molar-refractivity contribution is 6.33. The van der Waals surface area contributed by atoms with E-state index in [9.17, 15) is 9.59 Å². The van der Waals surface area contributed by atoms with Crippen LogP contribution in [0.1, 0.15) is 30.6 Å². The molecule has 0 fully saturated rings. The molecule has 118 valence electrons. The predicted molar refractivity (Wildman–Crippen MR) is 88.2 cm³/mol. The molecule has 1 aromatic carbocycles. The molecule has 0 aliphatic carbocycles. The van der Waals surface area contributed by atoms with E-state index in [1.54, 1.807) is 30.1 Å². The zero-order valence-electron chi connectivity index (χ0n) is 12.4. The molecule has 0 aromatic heterocycles. The third-order valence-corrected chi connectivity index (χ3v) is 3.28. The van der Waals surface area contributed by atoms with E-state index in [1.165, 1.54) is 0 Å². The quantitative estimate of drug-likeness (QED) is 0.869. The van der Waals surface area contributed by atoms with Crippen molar-refractivity contribution in [1.29, 1.82) is 0 Å². The first-order valence-electron chi connectivity index (χ1n) is 6.43. The summed E-state index contributed by atoms with van der Waals surface area (Å²) in [6.07, 6.45) is 0.209. The molecule has 3 N–H and O–H groups in total. The molecule has 0 aliphatic heterocycles. The number of carbonyl (C=O) groups excluding carboxylic acids is 2. The number of nitrogens with zero attached hydrogens (tertiary/aromatic N) is 1. The second kappa shape index (κ2) is 8.87. The van der Waals surface area contributed by atoms with E-state index >= 15 is 0 Å². The number of hydrogen-bond acceptors (Lipinski definition) is 3. The van der Waals surface area contributed by atoms with Crippen LogP contribution in [-0.2, 0) is 4.79 Å². The highest BCUT2D eigenvalue weighted by Crippen LogP contribution is 2.24. The third-order valence-electron chi connectivity index (χ3n) is 2.95. The van der Waals surface area contributed by atoms with Gasteiger partial charge in [-0.1, -0.05) is 11.6 Å². The van der Waals surface area contributed by atoms with Gasteiger partial charge in [-0.2, -0.15) is 0 Å². The fourth-order valence-corrected chi connectivity index (χ4v) is 1.70. The number of rotatable bonds is 5. The molecule has 0 spiro atoms. The average molecular weight is 334 g/mol. The maximum atomic E-state index is 12.2. The number of amides is 2. The Morgan fingerprint density at radius 3 is 2.52 bits per heavy atom. The van der Waals surface area contributed by atoms with Crippen LogP contribution in [0, 0.1) is 0 Å². The predicted octanol–water partition coefficient (Wildman–Crippen LogP) is 2.53. The molecule has 2 amide bonds. The maximum Gasteiger partial charge on any atom is 0.253 e. The van der Waals surface area contributed by atoms with Gasteiger partial charge in [-0.15, -0.1) is 12.4 Å². The molecule has 1 rings (SSSR count). The zero-order chi connectivity index (χ0) is 15.3. The SMILES string of the molecule is CC(C)N(C)C(=O)c1ccc(Cl)c(NC(=O)CCN)c1.Cl. The van der Waals surface area contributed by atoms with Crippen LogP contribution in [0.5, 0.6) is 0 Å². The molecule has 1 aromatic rings. The molecule has 5 nitrogen and oxygen atoms in total. The van der Waals surface area contributed by atoms with Gasteiger partial charge in [-0.05, 0) is 32.0 Å². The summed E-state index contributed by atoms with van der Waals surface area (Å²) in [7, 11) is 1.73. The normalized spacial score (nSPS) is 10.0. The van der Waals surface area contributed by atoms with Crippen molar-refractivity contribution in [3.05, 3.63) is 28.8 Å². The Hall–Kier alpha value is -1.30. The van der Waals surface area contributed by atoms with Crippen molar-refractivity contribution >= 4 is 41.5 Å². The van der Waals surface area contributed by atoms with Crippen LogP contribution in [0.4, 0.5) is 5.69 Å². The number of carbonyl (C=O) groups is 2. The summed E-state index contributed by atoms with van der Waals surface area (Å²) in [6, 6.07) is 4.91. The fraction of sp³-hybridized carbons (Fsp3) is 0.429. The van der Waals surface area contributed by atoms with Crippen molar-refractivity contribution in [3.8, 4) is 0 Å². The summed E-state index contributed by atoms with van der Waals surface area (Å²) in [5, 5.41) is 3.04. The minimum atomic E-state index is -0.226. The number of benzene rings is 1. The highest BCUT2D eigenvalue weighted by Gasteiger charge is 2.16. The van der Waals surface area contributed by atoms with Gasteiger partial charge >= 0.3 is 0 Å². The second-order valence-electron chi connectivity index (χ2n) is 4.79. The Morgan fingerprint density at radius 2 is 2.00 bits per heavy atom. The number of nitrogens with two attached hydrogens (primary N) is 1. The Labute approximate surface area is 136 Å². The molecule has 7 heteroatoms. The molecule has 0 aliphatic rings. The van der Waals surface area contributed by atoms with Gasteiger partial charge in [0.15, 0.2) is 0 Å². The van der Waals surface area contributed by atoms with Gasteiger partial charge < -0.3 is 16.0 Å². The monoisotopic (exact) mass is 333 g/mol. The molecular weight excluding hydrogens is 313 g/mol. The summed E-state index contributed by atoms with van der Waals surface area (Å²) in [6.45, 7) is 4.12. The molecule has 21 heavy (non-hydrogen) atoms. The first-order valence-corrected chi connectivity index (χ1v) is 6.81. The number of halogens is 2. The van der Waals surface area contributed by atoms with Gasteiger partial charge in [-0.3, -0.25) is 9.59 Å². The van der Waals surface area contributed by atoms with Crippen LogP contribution in [0.25, 0.3) is 0 Å². The molecule has 0 heterocycles. The first kappa shape index (κ1) is 19.7. The molecular formula is C14H21Cl2N3O2. The molecule has 0 saturated carbocycles. The molecule has 0 saturated heterocycles.